The summed E-state index contributed by atoms with van der Waals surface area (Å²) in [5.74, 6) is 1.03. The number of amides is 1. The highest BCUT2D eigenvalue weighted by molar-refractivity contribution is 5.98. The van der Waals surface area contributed by atoms with Crippen LogP contribution in [-0.2, 0) is 12.6 Å². The van der Waals surface area contributed by atoms with E-state index in [1.165, 1.54) is 23.6 Å². The van der Waals surface area contributed by atoms with Crippen LogP contribution in [0.25, 0.3) is 10.9 Å². The van der Waals surface area contributed by atoms with Crippen molar-refractivity contribution in [3.05, 3.63) is 46.8 Å². The molecule has 4 fully saturated rings. The SMILES string of the molecule is Cn1cnc2cc(C(=O)NC34C[C@H]5C[C@@H](C3)CC(n3ncnn3)(C5)C4)ccc2c1=O. The van der Waals surface area contributed by atoms with E-state index >= 15 is 0 Å². The van der Waals surface area contributed by atoms with E-state index in [1.807, 2.05) is 0 Å². The first-order chi connectivity index (χ1) is 14.5. The molecule has 2 unspecified atom stereocenters. The topological polar surface area (TPSA) is 108 Å². The molecule has 4 saturated carbocycles. The van der Waals surface area contributed by atoms with Gasteiger partial charge in [-0.1, -0.05) is 0 Å². The third kappa shape index (κ3) is 2.54. The number of benzene rings is 1. The van der Waals surface area contributed by atoms with Crippen molar-refractivity contribution >= 4 is 16.8 Å². The average molecular weight is 405 g/mol. The van der Waals surface area contributed by atoms with E-state index in [0.717, 1.165) is 32.1 Å². The van der Waals surface area contributed by atoms with Crippen LogP contribution in [0.5, 0.6) is 0 Å². The molecule has 4 aliphatic carbocycles. The first-order valence-corrected chi connectivity index (χ1v) is 10.5. The van der Waals surface area contributed by atoms with Crippen molar-refractivity contribution in [2.75, 3.05) is 0 Å². The zero-order valence-corrected chi connectivity index (χ0v) is 16.8. The Labute approximate surface area is 172 Å². The highest BCUT2D eigenvalue weighted by atomic mass is 16.2. The molecule has 2 heterocycles. The van der Waals surface area contributed by atoms with E-state index in [4.69, 9.17) is 0 Å². The van der Waals surface area contributed by atoms with Crippen molar-refractivity contribution in [1.82, 2.24) is 35.1 Å². The Morgan fingerprint density at radius 1 is 1.20 bits per heavy atom. The van der Waals surface area contributed by atoms with Gasteiger partial charge in [-0.2, -0.15) is 4.80 Å². The third-order valence-electron chi connectivity index (χ3n) is 7.36. The van der Waals surface area contributed by atoms with Gasteiger partial charge in [-0.05, 0) is 73.8 Å². The minimum Gasteiger partial charge on any atom is -0.346 e. The molecule has 7 rings (SSSR count). The lowest BCUT2D eigenvalue weighted by molar-refractivity contribution is -0.0810. The minimum absolute atomic E-state index is 0.108. The van der Waals surface area contributed by atoms with Crippen LogP contribution in [0, 0.1) is 11.8 Å². The van der Waals surface area contributed by atoms with Gasteiger partial charge in [0.25, 0.3) is 11.5 Å². The number of hydrogen-bond donors (Lipinski definition) is 1. The standard InChI is InChI=1S/C21H23N7O2/c1-27-12-22-17-5-15(2-3-16(17)19(27)30)18(29)25-20-6-13-4-14(7-20)9-21(8-13,10-20)28-24-11-23-26-28/h2-3,5,11-14H,4,6-10H2,1H3,(H,25,29)/t13-,14+,20?,21?. The summed E-state index contributed by atoms with van der Waals surface area (Å²) < 4.78 is 1.44. The number of carbonyl (C=O) groups excluding carboxylic acids is 1. The smallest absolute Gasteiger partial charge is 0.260 e. The fourth-order valence-electron chi connectivity index (χ4n) is 6.64. The summed E-state index contributed by atoms with van der Waals surface area (Å²) in [6.07, 6.45) is 9.15. The van der Waals surface area contributed by atoms with E-state index in [0.29, 0.717) is 28.3 Å². The van der Waals surface area contributed by atoms with E-state index in [9.17, 15) is 9.59 Å². The summed E-state index contributed by atoms with van der Waals surface area (Å²) in [5, 5.41) is 16.4. The molecule has 4 aliphatic rings. The summed E-state index contributed by atoms with van der Waals surface area (Å²) in [5.41, 5.74) is 0.566. The van der Waals surface area contributed by atoms with Crippen LogP contribution >= 0.6 is 0 Å². The lowest BCUT2D eigenvalue weighted by atomic mass is 9.50. The lowest BCUT2D eigenvalue weighted by Crippen LogP contribution is -2.66. The maximum Gasteiger partial charge on any atom is 0.260 e. The normalized spacial score (nSPS) is 31.9. The Morgan fingerprint density at radius 2 is 2.00 bits per heavy atom. The number of fused-ring (bicyclic) bond motifs is 1. The summed E-state index contributed by atoms with van der Waals surface area (Å²) in [7, 11) is 1.67. The molecule has 1 aromatic carbocycles. The second-order valence-corrected chi connectivity index (χ2v) is 9.54. The maximum absolute atomic E-state index is 13.2. The fourth-order valence-corrected chi connectivity index (χ4v) is 6.64. The van der Waals surface area contributed by atoms with Gasteiger partial charge in [0.15, 0.2) is 6.33 Å². The van der Waals surface area contributed by atoms with Crippen LogP contribution in [0.3, 0.4) is 0 Å². The average Bonchev–Trinajstić information content (AvgIpc) is 3.25. The van der Waals surface area contributed by atoms with Gasteiger partial charge in [-0.25, -0.2) is 4.98 Å². The lowest BCUT2D eigenvalue weighted by Gasteiger charge is -2.61. The Balaban J connectivity index is 1.32. The largest absolute Gasteiger partial charge is 0.346 e. The highest BCUT2D eigenvalue weighted by Crippen LogP contribution is 2.60. The molecule has 0 saturated heterocycles. The monoisotopic (exact) mass is 405 g/mol. The van der Waals surface area contributed by atoms with Crippen molar-refractivity contribution in [3.8, 4) is 0 Å². The van der Waals surface area contributed by atoms with E-state index in [1.54, 1.807) is 30.0 Å². The van der Waals surface area contributed by atoms with E-state index in [2.05, 4.69) is 25.7 Å². The summed E-state index contributed by atoms with van der Waals surface area (Å²) in [6, 6.07) is 5.12. The van der Waals surface area contributed by atoms with Gasteiger partial charge >= 0.3 is 0 Å². The number of aromatic nitrogens is 6. The van der Waals surface area contributed by atoms with Crippen LogP contribution in [0.1, 0.15) is 48.9 Å². The maximum atomic E-state index is 13.2. The predicted molar refractivity (Wildman–Crippen MR) is 108 cm³/mol. The van der Waals surface area contributed by atoms with Gasteiger partial charge in [-0.3, -0.25) is 9.59 Å². The van der Waals surface area contributed by atoms with E-state index in [-0.39, 0.29) is 22.5 Å². The van der Waals surface area contributed by atoms with Crippen LogP contribution in [0.15, 0.2) is 35.6 Å². The molecule has 9 heteroatoms. The van der Waals surface area contributed by atoms with Gasteiger partial charge in [0, 0.05) is 18.2 Å². The minimum atomic E-state index is -0.246. The number of nitrogens with one attached hydrogen (secondary N) is 1. The van der Waals surface area contributed by atoms with Crippen molar-refractivity contribution in [2.24, 2.45) is 18.9 Å². The Kier molecular flexibility index (Phi) is 3.52. The first-order valence-electron chi connectivity index (χ1n) is 10.5. The third-order valence-corrected chi connectivity index (χ3v) is 7.36. The van der Waals surface area contributed by atoms with Crippen molar-refractivity contribution in [3.63, 3.8) is 0 Å². The quantitative estimate of drug-likeness (QED) is 0.706. The van der Waals surface area contributed by atoms with Gasteiger partial charge < -0.3 is 9.88 Å². The number of nitrogens with zero attached hydrogens (tertiary/aromatic N) is 6. The molecular formula is C21H23N7O2. The van der Waals surface area contributed by atoms with Gasteiger partial charge in [0.05, 0.1) is 22.8 Å². The number of hydrogen-bond acceptors (Lipinski definition) is 6. The number of rotatable bonds is 3. The zero-order chi connectivity index (χ0) is 20.5. The molecule has 0 radical (unpaired) electrons. The molecule has 0 spiro atoms. The number of aryl methyl sites for hydroxylation is 1. The van der Waals surface area contributed by atoms with Crippen LogP contribution in [0.2, 0.25) is 0 Å². The molecule has 3 aromatic rings. The molecule has 1 N–H and O–H groups in total. The van der Waals surface area contributed by atoms with Crippen LogP contribution in [0.4, 0.5) is 0 Å². The summed E-state index contributed by atoms with van der Waals surface area (Å²) >= 11 is 0. The van der Waals surface area contributed by atoms with Crippen molar-refractivity contribution in [1.29, 1.82) is 0 Å². The zero-order valence-electron chi connectivity index (χ0n) is 16.8. The molecule has 1 amide bonds. The van der Waals surface area contributed by atoms with Crippen LogP contribution < -0.4 is 10.9 Å². The van der Waals surface area contributed by atoms with Crippen molar-refractivity contribution < 1.29 is 4.79 Å². The molecule has 30 heavy (non-hydrogen) atoms. The molecule has 4 bridgehead atoms. The Morgan fingerprint density at radius 3 is 2.73 bits per heavy atom. The Hall–Kier alpha value is -3.10. The molecule has 4 atom stereocenters. The molecular weight excluding hydrogens is 382 g/mol. The highest BCUT2D eigenvalue weighted by Gasteiger charge is 2.60. The molecule has 0 aliphatic heterocycles. The summed E-state index contributed by atoms with van der Waals surface area (Å²) in [4.78, 5) is 31.6. The second kappa shape index (κ2) is 5.96. The van der Waals surface area contributed by atoms with Gasteiger partial charge in [0.1, 0.15) is 0 Å². The molecule has 154 valence electrons. The van der Waals surface area contributed by atoms with Gasteiger partial charge in [0.2, 0.25) is 0 Å². The first kappa shape index (κ1) is 17.7. The number of carbonyl (C=O) groups is 1. The fraction of sp³-hybridized carbons (Fsp3) is 0.524. The Bertz CT molecular complexity index is 1200. The van der Waals surface area contributed by atoms with Crippen LogP contribution in [-0.4, -0.2) is 41.2 Å². The molecule has 2 aromatic heterocycles. The van der Waals surface area contributed by atoms with Gasteiger partial charge in [-0.15, -0.1) is 10.2 Å². The number of tetrazole rings is 1. The predicted octanol–water partition coefficient (Wildman–Crippen LogP) is 1.40. The second-order valence-electron chi connectivity index (χ2n) is 9.54. The van der Waals surface area contributed by atoms with E-state index < -0.39 is 0 Å². The molecule has 9 nitrogen and oxygen atoms in total. The van der Waals surface area contributed by atoms with Crippen molar-refractivity contribution in [2.45, 2.75) is 49.6 Å². The summed E-state index contributed by atoms with van der Waals surface area (Å²) in [6.45, 7) is 0.